The number of rotatable bonds is 4. The van der Waals surface area contributed by atoms with Crippen LogP contribution in [0.1, 0.15) is 105 Å². The molecule has 1 aromatic carbocycles. The Balaban J connectivity index is 1.95. The molecule has 0 aromatic heterocycles. The maximum absolute atomic E-state index is 12.2. The van der Waals surface area contributed by atoms with Crippen molar-refractivity contribution in [2.75, 3.05) is 0 Å². The van der Waals surface area contributed by atoms with Crippen molar-refractivity contribution >= 4 is 11.6 Å². The quantitative estimate of drug-likeness (QED) is 0.534. The molecule has 0 saturated heterocycles. The van der Waals surface area contributed by atoms with Crippen LogP contribution in [0, 0.1) is 22.7 Å². The lowest BCUT2D eigenvalue weighted by atomic mass is 9.53. The second-order valence-corrected chi connectivity index (χ2v) is 12.1. The van der Waals surface area contributed by atoms with E-state index in [0.29, 0.717) is 24.4 Å². The molecule has 2 saturated carbocycles. The van der Waals surface area contributed by atoms with Gasteiger partial charge in [0.05, 0.1) is 0 Å². The van der Waals surface area contributed by atoms with Crippen LogP contribution in [-0.4, -0.2) is 11.6 Å². The van der Waals surface area contributed by atoms with Gasteiger partial charge < -0.3 is 0 Å². The van der Waals surface area contributed by atoms with Crippen LogP contribution < -0.4 is 0 Å². The summed E-state index contributed by atoms with van der Waals surface area (Å²) in [5.41, 5.74) is 2.95. The van der Waals surface area contributed by atoms with E-state index in [1.54, 1.807) is 0 Å². The van der Waals surface area contributed by atoms with Crippen molar-refractivity contribution in [3.63, 3.8) is 0 Å². The fourth-order valence-corrected chi connectivity index (χ4v) is 6.20. The lowest BCUT2D eigenvalue weighted by Crippen LogP contribution is -2.46. The summed E-state index contributed by atoms with van der Waals surface area (Å²) in [7, 11) is 0. The number of carbonyl (C=O) groups excluding carboxylic acids is 2. The molecule has 2 nitrogen and oxygen atoms in total. The molecule has 0 N–H and O–H groups in total. The molecule has 4 unspecified atom stereocenters. The molecule has 2 aliphatic carbocycles. The van der Waals surface area contributed by atoms with Crippen LogP contribution in [0.15, 0.2) is 24.3 Å². The molecule has 2 fully saturated rings. The fourth-order valence-electron chi connectivity index (χ4n) is 6.20. The summed E-state index contributed by atoms with van der Waals surface area (Å²) in [6.45, 7) is 18.4. The second kappa shape index (κ2) is 7.61. The first-order valence-electron chi connectivity index (χ1n) is 11.9. The summed E-state index contributed by atoms with van der Waals surface area (Å²) in [5, 5.41) is 0. The number of hydrogen-bond acceptors (Lipinski definition) is 2. The van der Waals surface area contributed by atoms with Crippen molar-refractivity contribution in [3.05, 3.63) is 35.4 Å². The van der Waals surface area contributed by atoms with Gasteiger partial charge in [-0.05, 0) is 58.5 Å². The molecule has 2 aliphatic rings. The molecule has 0 amide bonds. The number of ketones is 2. The van der Waals surface area contributed by atoms with Crippen LogP contribution in [-0.2, 0) is 20.4 Å². The zero-order valence-electron chi connectivity index (χ0n) is 20.5. The molecule has 0 bridgehead atoms. The third-order valence-corrected chi connectivity index (χ3v) is 9.78. The van der Waals surface area contributed by atoms with Gasteiger partial charge in [-0.3, -0.25) is 9.59 Å². The highest BCUT2D eigenvalue weighted by Gasteiger charge is 2.48. The molecule has 3 rings (SSSR count). The highest BCUT2D eigenvalue weighted by Crippen LogP contribution is 2.54. The predicted octanol–water partition coefficient (Wildman–Crippen LogP) is 7.03. The molecule has 0 aliphatic heterocycles. The van der Waals surface area contributed by atoms with Gasteiger partial charge in [0.1, 0.15) is 11.6 Å². The standard InChI is InChI=1S/C28H42O2/c1-19-17-27(7,14-12-23(19)29)25(3,4)21-10-9-11-22(16-21)26(5,6)28(8)15-13-24(30)20(2)18-28/h9-11,16,19-20H,12-15,17-18H2,1-8H3. The van der Waals surface area contributed by atoms with Crippen molar-refractivity contribution in [2.45, 2.75) is 105 Å². The Morgan fingerprint density at radius 3 is 1.47 bits per heavy atom. The van der Waals surface area contributed by atoms with Crippen molar-refractivity contribution in [1.29, 1.82) is 0 Å². The minimum Gasteiger partial charge on any atom is -0.299 e. The summed E-state index contributed by atoms with van der Waals surface area (Å²) in [6.07, 6.45) is 5.27. The van der Waals surface area contributed by atoms with E-state index >= 15 is 0 Å². The van der Waals surface area contributed by atoms with E-state index in [1.165, 1.54) is 11.1 Å². The summed E-state index contributed by atoms with van der Waals surface area (Å²) in [4.78, 5) is 24.3. The van der Waals surface area contributed by atoms with Crippen molar-refractivity contribution in [2.24, 2.45) is 22.7 Å². The minimum atomic E-state index is -0.00915. The van der Waals surface area contributed by atoms with Gasteiger partial charge in [-0.1, -0.05) is 79.7 Å². The van der Waals surface area contributed by atoms with Gasteiger partial charge in [-0.2, -0.15) is 0 Å². The Labute approximate surface area is 184 Å². The van der Waals surface area contributed by atoms with Gasteiger partial charge in [0.15, 0.2) is 0 Å². The fraction of sp³-hybridized carbons (Fsp3) is 0.714. The van der Waals surface area contributed by atoms with Crippen LogP contribution in [0.5, 0.6) is 0 Å². The largest absolute Gasteiger partial charge is 0.299 e. The van der Waals surface area contributed by atoms with Crippen LogP contribution in [0.3, 0.4) is 0 Å². The zero-order chi connectivity index (χ0) is 22.5. The average Bonchev–Trinajstić information content (AvgIpc) is 2.68. The van der Waals surface area contributed by atoms with Gasteiger partial charge in [0, 0.05) is 24.7 Å². The van der Waals surface area contributed by atoms with Gasteiger partial charge in [-0.15, -0.1) is 0 Å². The first-order valence-corrected chi connectivity index (χ1v) is 11.9. The molecular formula is C28H42O2. The molecule has 1 aromatic rings. The Kier molecular flexibility index (Phi) is 5.89. The molecular weight excluding hydrogens is 368 g/mol. The van der Waals surface area contributed by atoms with E-state index in [0.717, 1.165) is 25.7 Å². The molecule has 2 heteroatoms. The maximum atomic E-state index is 12.2. The van der Waals surface area contributed by atoms with E-state index in [-0.39, 0.29) is 33.5 Å². The van der Waals surface area contributed by atoms with Gasteiger partial charge in [-0.25, -0.2) is 0 Å². The second-order valence-electron chi connectivity index (χ2n) is 12.1. The summed E-state index contributed by atoms with van der Waals surface area (Å²) < 4.78 is 0. The molecule has 0 heterocycles. The van der Waals surface area contributed by atoms with Crippen molar-refractivity contribution in [3.8, 4) is 0 Å². The molecule has 30 heavy (non-hydrogen) atoms. The topological polar surface area (TPSA) is 34.1 Å². The average molecular weight is 411 g/mol. The summed E-state index contributed by atoms with van der Waals surface area (Å²) in [5.74, 6) is 1.16. The number of hydrogen-bond donors (Lipinski definition) is 0. The highest BCUT2D eigenvalue weighted by molar-refractivity contribution is 5.82. The molecule has 166 valence electrons. The Morgan fingerprint density at radius 1 is 0.767 bits per heavy atom. The lowest BCUT2D eigenvalue weighted by Gasteiger charge is -2.50. The van der Waals surface area contributed by atoms with Crippen molar-refractivity contribution < 1.29 is 9.59 Å². The van der Waals surface area contributed by atoms with Crippen LogP contribution in [0.4, 0.5) is 0 Å². The van der Waals surface area contributed by atoms with Crippen LogP contribution >= 0.6 is 0 Å². The van der Waals surface area contributed by atoms with E-state index in [9.17, 15) is 9.59 Å². The first kappa shape index (κ1) is 23.2. The third kappa shape index (κ3) is 3.69. The van der Waals surface area contributed by atoms with E-state index in [4.69, 9.17) is 0 Å². The van der Waals surface area contributed by atoms with Crippen molar-refractivity contribution in [1.82, 2.24) is 0 Å². The molecule has 4 atom stereocenters. The molecule has 0 radical (unpaired) electrons. The first-order chi connectivity index (χ1) is 13.7. The van der Waals surface area contributed by atoms with Crippen LogP contribution in [0.25, 0.3) is 0 Å². The number of benzene rings is 1. The number of carbonyl (C=O) groups is 2. The monoisotopic (exact) mass is 410 g/mol. The predicted molar refractivity (Wildman–Crippen MR) is 125 cm³/mol. The van der Waals surface area contributed by atoms with Crippen LogP contribution in [0.2, 0.25) is 0 Å². The maximum Gasteiger partial charge on any atom is 0.135 e. The van der Waals surface area contributed by atoms with Gasteiger partial charge in [0.2, 0.25) is 0 Å². The Hall–Kier alpha value is -1.44. The smallest absolute Gasteiger partial charge is 0.135 e. The summed E-state index contributed by atoms with van der Waals surface area (Å²) >= 11 is 0. The zero-order valence-corrected chi connectivity index (χ0v) is 20.5. The minimum absolute atomic E-state index is 0.00915. The van der Waals surface area contributed by atoms with E-state index in [1.807, 2.05) is 0 Å². The Bertz CT molecular complexity index is 768. The Morgan fingerprint density at radius 2 is 1.13 bits per heavy atom. The SMILES string of the molecule is CC1CC(C)(C(C)(C)c2cccc(C(C)(C)C3(C)CCC(=O)C(C)C3)c2)CCC1=O. The summed E-state index contributed by atoms with van der Waals surface area (Å²) in [6, 6.07) is 9.21. The van der Waals surface area contributed by atoms with Gasteiger partial charge >= 0.3 is 0 Å². The molecule has 0 spiro atoms. The van der Waals surface area contributed by atoms with Gasteiger partial charge in [0.25, 0.3) is 0 Å². The highest BCUT2D eigenvalue weighted by atomic mass is 16.1. The normalized spacial score (nSPS) is 33.6. The number of Topliss-reactive ketones (excluding diaryl/α,β-unsaturated/α-hetero) is 2. The lowest BCUT2D eigenvalue weighted by molar-refractivity contribution is -0.128. The van der Waals surface area contributed by atoms with E-state index < -0.39 is 0 Å². The van der Waals surface area contributed by atoms with E-state index in [2.05, 4.69) is 79.7 Å². The third-order valence-electron chi connectivity index (χ3n) is 9.78.